The van der Waals surface area contributed by atoms with E-state index >= 15 is 0 Å². The SMILES string of the molecule is NC(CO)CNCC1OC(C2C(N)CC(NC(CO)CO)C(OC3OC(CO)C(O)C(N)C3O)C2O)C(O)C(O)C1O. The lowest BCUT2D eigenvalue weighted by molar-refractivity contribution is -0.310. The van der Waals surface area contributed by atoms with Gasteiger partial charge in [0.05, 0.1) is 56.8 Å². The molecule has 18 nitrogen and oxygen atoms in total. The van der Waals surface area contributed by atoms with E-state index in [2.05, 4.69) is 10.6 Å². The van der Waals surface area contributed by atoms with E-state index in [4.69, 9.17) is 36.5 Å². The van der Waals surface area contributed by atoms with Crippen LogP contribution in [0.1, 0.15) is 6.42 Å². The molecule has 18 heteroatoms. The minimum atomic E-state index is -1.69. The molecule has 3 aliphatic rings. The predicted molar refractivity (Wildman–Crippen MR) is 142 cm³/mol. The van der Waals surface area contributed by atoms with E-state index in [0.29, 0.717) is 0 Å². The van der Waals surface area contributed by atoms with Crippen molar-refractivity contribution in [1.29, 1.82) is 0 Å². The van der Waals surface area contributed by atoms with Crippen LogP contribution in [0.4, 0.5) is 0 Å². The van der Waals surface area contributed by atoms with E-state index in [1.54, 1.807) is 0 Å². The maximum atomic E-state index is 11.6. The fourth-order valence-electron chi connectivity index (χ4n) is 5.86. The van der Waals surface area contributed by atoms with Gasteiger partial charge in [0.2, 0.25) is 0 Å². The Bertz CT molecular complexity index is 804. The summed E-state index contributed by atoms with van der Waals surface area (Å²) in [5, 5.41) is 108. The molecule has 1 aliphatic carbocycles. The topological polar surface area (TPSA) is 332 Å². The highest BCUT2D eigenvalue weighted by molar-refractivity contribution is 5.07. The number of ether oxygens (including phenoxy) is 3. The number of hydrogen-bond donors (Lipinski definition) is 15. The van der Waals surface area contributed by atoms with Gasteiger partial charge in [0.25, 0.3) is 0 Å². The third-order valence-corrected chi connectivity index (χ3v) is 8.38. The summed E-state index contributed by atoms with van der Waals surface area (Å²) in [7, 11) is 0. The Morgan fingerprint density at radius 1 is 0.786 bits per heavy atom. The van der Waals surface area contributed by atoms with E-state index in [0.717, 1.165) is 0 Å². The van der Waals surface area contributed by atoms with Crippen molar-refractivity contribution in [3.8, 4) is 0 Å². The summed E-state index contributed by atoms with van der Waals surface area (Å²) in [6.45, 7) is -1.78. The second-order valence-electron chi connectivity index (χ2n) is 11.4. The van der Waals surface area contributed by atoms with Crippen molar-refractivity contribution in [2.45, 2.75) is 104 Å². The maximum Gasteiger partial charge on any atom is 0.186 e. The van der Waals surface area contributed by atoms with Gasteiger partial charge in [0.15, 0.2) is 6.29 Å². The summed E-state index contributed by atoms with van der Waals surface area (Å²) in [6, 6.07) is -4.50. The van der Waals surface area contributed by atoms with Gasteiger partial charge in [-0.3, -0.25) is 0 Å². The van der Waals surface area contributed by atoms with Crippen molar-refractivity contribution in [1.82, 2.24) is 10.6 Å². The Morgan fingerprint density at radius 3 is 2.05 bits per heavy atom. The van der Waals surface area contributed by atoms with Crippen molar-refractivity contribution in [2.75, 3.05) is 39.5 Å². The van der Waals surface area contributed by atoms with Crippen LogP contribution in [-0.4, -0.2) is 188 Å². The molecule has 0 bridgehead atoms. The fraction of sp³-hybridized carbons (Fsp3) is 1.00. The van der Waals surface area contributed by atoms with Crippen LogP contribution < -0.4 is 27.8 Å². The van der Waals surface area contributed by atoms with Gasteiger partial charge in [-0.05, 0) is 6.42 Å². The molecule has 0 aromatic carbocycles. The normalized spacial score (nSPS) is 45.7. The molecule has 248 valence electrons. The fourth-order valence-corrected chi connectivity index (χ4v) is 5.86. The number of hydrogen-bond acceptors (Lipinski definition) is 18. The van der Waals surface area contributed by atoms with E-state index in [-0.39, 0.29) is 26.1 Å². The number of nitrogens with two attached hydrogens (primary N) is 3. The van der Waals surface area contributed by atoms with E-state index in [9.17, 15) is 46.0 Å². The molecule has 0 aromatic heterocycles. The van der Waals surface area contributed by atoms with Crippen molar-refractivity contribution in [2.24, 2.45) is 23.1 Å². The second-order valence-corrected chi connectivity index (χ2v) is 11.4. The summed E-state index contributed by atoms with van der Waals surface area (Å²) >= 11 is 0. The highest BCUT2D eigenvalue weighted by Gasteiger charge is 2.55. The average Bonchev–Trinajstić information content (AvgIpc) is 2.97. The Hall–Kier alpha value is -0.720. The Labute approximate surface area is 243 Å². The first-order valence-corrected chi connectivity index (χ1v) is 14.1. The van der Waals surface area contributed by atoms with Gasteiger partial charge in [-0.15, -0.1) is 0 Å². The number of aliphatic hydroxyl groups is 10. The summed E-state index contributed by atoms with van der Waals surface area (Å²) in [4.78, 5) is 0. The van der Waals surface area contributed by atoms with Gasteiger partial charge >= 0.3 is 0 Å². The van der Waals surface area contributed by atoms with Gasteiger partial charge in [-0.25, -0.2) is 0 Å². The Kier molecular flexibility index (Phi) is 13.6. The Morgan fingerprint density at radius 2 is 1.45 bits per heavy atom. The monoisotopic (exact) mass is 615 g/mol. The van der Waals surface area contributed by atoms with Crippen molar-refractivity contribution in [3.05, 3.63) is 0 Å². The third kappa shape index (κ3) is 7.91. The standard InChI is InChI=1S/C24H49N5O13/c25-8(4-30)2-28-3-12-17(35)20(38)21(39)23(40-12)14-10(26)1-11(29-9(5-31)6-32)22(18(14)36)42-24-19(37)15(27)16(34)13(7-33)41-24/h8-24,28-39H,1-7,25-27H2. The molecule has 2 aliphatic heterocycles. The van der Waals surface area contributed by atoms with Crippen LogP contribution in [0.25, 0.3) is 0 Å². The third-order valence-electron chi connectivity index (χ3n) is 8.38. The predicted octanol–water partition coefficient (Wildman–Crippen LogP) is -9.08. The minimum Gasteiger partial charge on any atom is -0.395 e. The lowest BCUT2D eigenvalue weighted by atomic mass is 9.72. The summed E-state index contributed by atoms with van der Waals surface area (Å²) in [5.41, 5.74) is 18.0. The number of nitrogens with one attached hydrogen (secondary N) is 2. The molecule has 1 saturated carbocycles. The average molecular weight is 616 g/mol. The van der Waals surface area contributed by atoms with Gasteiger partial charge in [-0.2, -0.15) is 0 Å². The lowest BCUT2D eigenvalue weighted by Gasteiger charge is -2.52. The number of rotatable bonds is 13. The van der Waals surface area contributed by atoms with E-state index in [1.807, 2.05) is 0 Å². The lowest BCUT2D eigenvalue weighted by Crippen LogP contribution is -2.71. The van der Waals surface area contributed by atoms with Crippen LogP contribution >= 0.6 is 0 Å². The van der Waals surface area contributed by atoms with E-state index < -0.39 is 123 Å². The zero-order valence-electron chi connectivity index (χ0n) is 23.2. The van der Waals surface area contributed by atoms with E-state index in [1.165, 1.54) is 0 Å². The Balaban J connectivity index is 1.87. The van der Waals surface area contributed by atoms with Crippen molar-refractivity contribution in [3.63, 3.8) is 0 Å². The maximum absolute atomic E-state index is 11.6. The molecular weight excluding hydrogens is 566 g/mol. The minimum absolute atomic E-state index is 0.0172. The van der Waals surface area contributed by atoms with Crippen LogP contribution in [0.5, 0.6) is 0 Å². The molecule has 3 fully saturated rings. The smallest absolute Gasteiger partial charge is 0.186 e. The largest absolute Gasteiger partial charge is 0.395 e. The van der Waals surface area contributed by atoms with Gasteiger partial charge < -0.3 is 93.1 Å². The van der Waals surface area contributed by atoms with Gasteiger partial charge in [0.1, 0.15) is 42.7 Å². The number of aliphatic hydroxyl groups excluding tert-OH is 10. The molecular formula is C24H49N5O13. The highest BCUT2D eigenvalue weighted by Crippen LogP contribution is 2.37. The summed E-state index contributed by atoms with van der Waals surface area (Å²) in [5.74, 6) is -1.12. The molecule has 16 atom stereocenters. The first kappa shape index (κ1) is 35.8. The van der Waals surface area contributed by atoms with Gasteiger partial charge in [0, 0.05) is 37.1 Å². The zero-order chi connectivity index (χ0) is 31.3. The molecule has 0 aromatic rings. The summed E-state index contributed by atoms with van der Waals surface area (Å²) < 4.78 is 17.5. The van der Waals surface area contributed by atoms with Crippen LogP contribution in [0.2, 0.25) is 0 Å². The molecule has 3 rings (SSSR count). The molecule has 2 heterocycles. The molecule has 42 heavy (non-hydrogen) atoms. The zero-order valence-corrected chi connectivity index (χ0v) is 23.2. The quantitative estimate of drug-likeness (QED) is 0.0914. The molecule has 0 spiro atoms. The molecule has 16 unspecified atom stereocenters. The molecule has 0 amide bonds. The van der Waals surface area contributed by atoms with Crippen LogP contribution in [0, 0.1) is 5.92 Å². The van der Waals surface area contributed by atoms with Crippen LogP contribution in [-0.2, 0) is 14.2 Å². The van der Waals surface area contributed by atoms with Crippen LogP contribution in [0.15, 0.2) is 0 Å². The molecule has 0 radical (unpaired) electrons. The first-order chi connectivity index (χ1) is 19.9. The van der Waals surface area contributed by atoms with Gasteiger partial charge in [-0.1, -0.05) is 0 Å². The van der Waals surface area contributed by atoms with Crippen molar-refractivity contribution < 1.29 is 65.3 Å². The van der Waals surface area contributed by atoms with Crippen molar-refractivity contribution >= 4 is 0 Å². The second kappa shape index (κ2) is 16.0. The highest BCUT2D eigenvalue weighted by atomic mass is 16.7. The summed E-state index contributed by atoms with van der Waals surface area (Å²) in [6.07, 6.45) is -15.9. The molecule has 2 saturated heterocycles. The van der Waals surface area contributed by atoms with Crippen LogP contribution in [0.3, 0.4) is 0 Å². The molecule has 18 N–H and O–H groups in total. The first-order valence-electron chi connectivity index (χ1n) is 14.1.